The lowest BCUT2D eigenvalue weighted by atomic mass is 10.2. The number of pyridine rings is 1. The highest BCUT2D eigenvalue weighted by atomic mass is 79.9. The van der Waals surface area contributed by atoms with Gasteiger partial charge in [0.1, 0.15) is 11.5 Å². The third-order valence-corrected chi connectivity index (χ3v) is 3.52. The summed E-state index contributed by atoms with van der Waals surface area (Å²) in [6.07, 6.45) is 1.75. The molecule has 0 bridgehead atoms. The minimum absolute atomic E-state index is 0.0639. The van der Waals surface area contributed by atoms with E-state index in [0.717, 1.165) is 26.7 Å². The molecule has 1 aromatic heterocycles. The molecule has 0 atom stereocenters. The van der Waals surface area contributed by atoms with Gasteiger partial charge in [-0.3, -0.25) is 4.98 Å². The van der Waals surface area contributed by atoms with Crippen LogP contribution in [0.15, 0.2) is 59.2 Å². The number of hydrogen-bond donors (Lipinski definition) is 1. The molecule has 100 valence electrons. The van der Waals surface area contributed by atoms with E-state index < -0.39 is 0 Å². The monoisotopic (exact) mass is 329 g/mol. The molecule has 0 saturated carbocycles. The number of ether oxygens (including phenoxy) is 1. The molecule has 3 nitrogen and oxygen atoms in total. The Balaban J connectivity index is 2.07. The number of fused-ring (bicyclic) bond motifs is 1. The van der Waals surface area contributed by atoms with Gasteiger partial charge in [-0.15, -0.1) is 0 Å². The normalized spacial score (nSPS) is 10.7. The van der Waals surface area contributed by atoms with Crippen molar-refractivity contribution in [3.05, 3.63) is 64.8 Å². The number of rotatable bonds is 3. The van der Waals surface area contributed by atoms with Crippen LogP contribution in [0.25, 0.3) is 10.9 Å². The van der Waals surface area contributed by atoms with Gasteiger partial charge in [0, 0.05) is 21.6 Å². The standard InChI is InChI=1S/C16H12BrNO2/c17-12-7-6-11(10-19)16(9-12)20-15-5-1-4-14-13(15)3-2-8-18-14/h1-9,19H,10H2. The van der Waals surface area contributed by atoms with Crippen LogP contribution in [0.5, 0.6) is 11.5 Å². The van der Waals surface area contributed by atoms with Gasteiger partial charge in [-0.1, -0.05) is 28.1 Å². The van der Waals surface area contributed by atoms with Crippen LogP contribution in [-0.2, 0) is 6.61 Å². The van der Waals surface area contributed by atoms with Gasteiger partial charge in [-0.25, -0.2) is 0 Å². The van der Waals surface area contributed by atoms with Gasteiger partial charge < -0.3 is 9.84 Å². The van der Waals surface area contributed by atoms with Crippen LogP contribution in [0.1, 0.15) is 5.56 Å². The first-order valence-electron chi connectivity index (χ1n) is 6.19. The highest BCUT2D eigenvalue weighted by molar-refractivity contribution is 9.10. The van der Waals surface area contributed by atoms with Crippen molar-refractivity contribution in [1.82, 2.24) is 4.98 Å². The Morgan fingerprint density at radius 3 is 2.80 bits per heavy atom. The molecule has 3 aromatic rings. The fourth-order valence-electron chi connectivity index (χ4n) is 2.04. The second-order valence-electron chi connectivity index (χ2n) is 4.34. The number of aromatic nitrogens is 1. The molecule has 3 rings (SSSR count). The van der Waals surface area contributed by atoms with Gasteiger partial charge in [-0.2, -0.15) is 0 Å². The first-order chi connectivity index (χ1) is 9.78. The number of benzene rings is 2. The fourth-order valence-corrected chi connectivity index (χ4v) is 2.38. The molecule has 0 saturated heterocycles. The Morgan fingerprint density at radius 2 is 1.95 bits per heavy atom. The molecule has 0 radical (unpaired) electrons. The minimum Gasteiger partial charge on any atom is -0.456 e. The number of hydrogen-bond acceptors (Lipinski definition) is 3. The first-order valence-corrected chi connectivity index (χ1v) is 6.98. The molecule has 1 heterocycles. The summed E-state index contributed by atoms with van der Waals surface area (Å²) < 4.78 is 6.87. The van der Waals surface area contributed by atoms with Crippen LogP contribution in [0.4, 0.5) is 0 Å². The lowest BCUT2D eigenvalue weighted by Gasteiger charge is -2.12. The summed E-state index contributed by atoms with van der Waals surface area (Å²) in [5, 5.41) is 10.3. The van der Waals surface area contributed by atoms with E-state index in [0.29, 0.717) is 5.75 Å². The highest BCUT2D eigenvalue weighted by Gasteiger charge is 2.08. The zero-order chi connectivity index (χ0) is 13.9. The topological polar surface area (TPSA) is 42.4 Å². The zero-order valence-electron chi connectivity index (χ0n) is 10.6. The van der Waals surface area contributed by atoms with Crippen LogP contribution in [0.2, 0.25) is 0 Å². The lowest BCUT2D eigenvalue weighted by Crippen LogP contribution is -1.93. The Morgan fingerprint density at radius 1 is 1.05 bits per heavy atom. The van der Waals surface area contributed by atoms with Crippen LogP contribution in [0, 0.1) is 0 Å². The van der Waals surface area contributed by atoms with Crippen molar-refractivity contribution in [2.24, 2.45) is 0 Å². The zero-order valence-corrected chi connectivity index (χ0v) is 12.2. The van der Waals surface area contributed by atoms with E-state index in [-0.39, 0.29) is 6.61 Å². The van der Waals surface area contributed by atoms with E-state index in [1.165, 1.54) is 0 Å². The van der Waals surface area contributed by atoms with Crippen LogP contribution < -0.4 is 4.74 Å². The van der Waals surface area contributed by atoms with Gasteiger partial charge in [0.25, 0.3) is 0 Å². The van der Waals surface area contributed by atoms with Crippen molar-refractivity contribution in [3.8, 4) is 11.5 Å². The van der Waals surface area contributed by atoms with E-state index in [9.17, 15) is 5.11 Å². The second kappa shape index (κ2) is 5.61. The summed E-state index contributed by atoms with van der Waals surface area (Å²) in [4.78, 5) is 4.30. The van der Waals surface area contributed by atoms with Gasteiger partial charge in [-0.05, 0) is 36.4 Å². The second-order valence-corrected chi connectivity index (χ2v) is 5.25. The molecule has 1 N–H and O–H groups in total. The van der Waals surface area contributed by atoms with E-state index in [1.807, 2.05) is 48.5 Å². The van der Waals surface area contributed by atoms with Crippen molar-refractivity contribution in [1.29, 1.82) is 0 Å². The third-order valence-electron chi connectivity index (χ3n) is 3.03. The number of nitrogens with zero attached hydrogens (tertiary/aromatic N) is 1. The highest BCUT2D eigenvalue weighted by Crippen LogP contribution is 2.32. The predicted octanol–water partition coefficient (Wildman–Crippen LogP) is 4.28. The summed E-state index contributed by atoms with van der Waals surface area (Å²) >= 11 is 3.41. The molecule has 0 aliphatic carbocycles. The maximum absolute atomic E-state index is 9.39. The molecule has 0 unspecified atom stereocenters. The summed E-state index contributed by atoms with van der Waals surface area (Å²) in [5.74, 6) is 1.36. The summed E-state index contributed by atoms with van der Waals surface area (Å²) in [6, 6.07) is 15.1. The third kappa shape index (κ3) is 2.53. The van der Waals surface area contributed by atoms with Crippen molar-refractivity contribution >= 4 is 26.8 Å². The van der Waals surface area contributed by atoms with Gasteiger partial charge >= 0.3 is 0 Å². The predicted molar refractivity (Wildman–Crippen MR) is 81.9 cm³/mol. The molecule has 2 aromatic carbocycles. The van der Waals surface area contributed by atoms with Gasteiger partial charge in [0.2, 0.25) is 0 Å². The van der Waals surface area contributed by atoms with E-state index in [1.54, 1.807) is 6.20 Å². The smallest absolute Gasteiger partial charge is 0.136 e. The molecular formula is C16H12BrNO2. The minimum atomic E-state index is -0.0639. The maximum Gasteiger partial charge on any atom is 0.136 e. The van der Waals surface area contributed by atoms with Crippen LogP contribution in [0.3, 0.4) is 0 Å². The van der Waals surface area contributed by atoms with Crippen molar-refractivity contribution in [2.75, 3.05) is 0 Å². The Labute approximate surface area is 125 Å². The van der Waals surface area contributed by atoms with E-state index in [2.05, 4.69) is 20.9 Å². The van der Waals surface area contributed by atoms with Crippen LogP contribution >= 0.6 is 15.9 Å². The number of aliphatic hydroxyl groups is 1. The van der Waals surface area contributed by atoms with Crippen molar-refractivity contribution in [2.45, 2.75) is 6.61 Å². The molecular weight excluding hydrogens is 318 g/mol. The molecule has 0 spiro atoms. The average Bonchev–Trinajstić information content (AvgIpc) is 2.48. The van der Waals surface area contributed by atoms with Crippen molar-refractivity contribution in [3.63, 3.8) is 0 Å². The van der Waals surface area contributed by atoms with Crippen molar-refractivity contribution < 1.29 is 9.84 Å². The Bertz CT molecular complexity index is 753. The van der Waals surface area contributed by atoms with Crippen LogP contribution in [-0.4, -0.2) is 10.1 Å². The maximum atomic E-state index is 9.39. The van der Waals surface area contributed by atoms with E-state index in [4.69, 9.17) is 4.74 Å². The molecule has 0 fully saturated rings. The Kier molecular flexibility index (Phi) is 3.67. The number of halogens is 1. The molecule has 0 aliphatic heterocycles. The quantitative estimate of drug-likeness (QED) is 0.779. The SMILES string of the molecule is OCc1ccc(Br)cc1Oc1cccc2ncccc12. The first kappa shape index (κ1) is 13.1. The summed E-state index contributed by atoms with van der Waals surface area (Å²) in [6.45, 7) is -0.0639. The van der Waals surface area contributed by atoms with E-state index >= 15 is 0 Å². The molecule has 0 amide bonds. The Hall–Kier alpha value is -1.91. The lowest BCUT2D eigenvalue weighted by molar-refractivity contribution is 0.276. The number of aliphatic hydroxyl groups excluding tert-OH is 1. The summed E-state index contributed by atoms with van der Waals surface area (Å²) in [7, 11) is 0. The average molecular weight is 330 g/mol. The molecule has 0 aliphatic rings. The summed E-state index contributed by atoms with van der Waals surface area (Å²) in [5.41, 5.74) is 1.62. The largest absolute Gasteiger partial charge is 0.456 e. The van der Waals surface area contributed by atoms with Gasteiger partial charge in [0.05, 0.1) is 12.1 Å². The van der Waals surface area contributed by atoms with Gasteiger partial charge in [0.15, 0.2) is 0 Å². The molecule has 4 heteroatoms. The molecule has 20 heavy (non-hydrogen) atoms. The fraction of sp³-hybridized carbons (Fsp3) is 0.0625.